The van der Waals surface area contributed by atoms with E-state index in [2.05, 4.69) is 4.99 Å². The van der Waals surface area contributed by atoms with Gasteiger partial charge in [-0.3, -0.25) is 19.5 Å². The maximum atomic E-state index is 13.4. The van der Waals surface area contributed by atoms with E-state index in [1.807, 2.05) is 17.5 Å². The number of nitro groups is 1. The number of aromatic nitrogens is 1. The van der Waals surface area contributed by atoms with Crippen LogP contribution in [0.25, 0.3) is 6.08 Å². The first-order valence-electron chi connectivity index (χ1n) is 9.52. The highest BCUT2D eigenvalue weighted by molar-refractivity contribution is 7.10. The number of fused-ring (bicyclic) bond motifs is 1. The molecule has 0 spiro atoms. The average Bonchev–Trinajstić information content (AvgIpc) is 3.37. The highest BCUT2D eigenvalue weighted by Crippen LogP contribution is 2.33. The minimum absolute atomic E-state index is 0.191. The monoisotopic (exact) mass is 471 g/mol. The molecule has 0 fully saturated rings. The van der Waals surface area contributed by atoms with Crippen LogP contribution in [0.3, 0.4) is 0 Å². The summed E-state index contributed by atoms with van der Waals surface area (Å²) in [5.41, 5.74) is 0.317. The van der Waals surface area contributed by atoms with E-state index in [0.717, 1.165) is 16.2 Å². The van der Waals surface area contributed by atoms with E-state index in [1.165, 1.54) is 40.2 Å². The third-order valence-electron chi connectivity index (χ3n) is 4.82. The molecule has 3 aromatic rings. The molecule has 1 atom stereocenters. The normalized spacial score (nSPS) is 15.9. The van der Waals surface area contributed by atoms with Crippen molar-refractivity contribution in [3.63, 3.8) is 0 Å². The molecule has 11 heteroatoms. The summed E-state index contributed by atoms with van der Waals surface area (Å²) < 4.78 is 6.97. The Labute approximate surface area is 189 Å². The van der Waals surface area contributed by atoms with Crippen molar-refractivity contribution >= 4 is 40.4 Å². The molecule has 9 nitrogen and oxygen atoms in total. The zero-order valence-corrected chi connectivity index (χ0v) is 18.6. The first-order valence-corrected chi connectivity index (χ1v) is 11.2. The van der Waals surface area contributed by atoms with E-state index in [1.54, 1.807) is 13.8 Å². The van der Waals surface area contributed by atoms with E-state index < -0.39 is 28.4 Å². The van der Waals surface area contributed by atoms with Gasteiger partial charge in [-0.25, -0.2) is 9.79 Å². The fourth-order valence-corrected chi connectivity index (χ4v) is 5.31. The first-order chi connectivity index (χ1) is 15.3. The Morgan fingerprint density at radius 2 is 2.19 bits per heavy atom. The molecule has 1 aliphatic heterocycles. The zero-order chi connectivity index (χ0) is 23.0. The lowest BCUT2D eigenvalue weighted by Crippen LogP contribution is -2.39. The van der Waals surface area contributed by atoms with Gasteiger partial charge in [0.2, 0.25) is 0 Å². The van der Waals surface area contributed by atoms with Crippen LogP contribution in [0.1, 0.15) is 30.3 Å². The smallest absolute Gasteiger partial charge is 0.338 e. The molecule has 1 aromatic carbocycles. The summed E-state index contributed by atoms with van der Waals surface area (Å²) in [6, 6.07) is 6.88. The zero-order valence-electron chi connectivity index (χ0n) is 17.0. The molecule has 1 N–H and O–H groups in total. The fraction of sp³-hybridized carbons (Fsp3) is 0.190. The maximum Gasteiger partial charge on any atom is 0.338 e. The van der Waals surface area contributed by atoms with Crippen LogP contribution >= 0.6 is 22.7 Å². The van der Waals surface area contributed by atoms with Crippen molar-refractivity contribution in [2.24, 2.45) is 4.99 Å². The van der Waals surface area contributed by atoms with Gasteiger partial charge in [0.05, 0.1) is 27.3 Å². The fourth-order valence-electron chi connectivity index (χ4n) is 3.44. The van der Waals surface area contributed by atoms with Gasteiger partial charge in [-0.15, -0.1) is 11.3 Å². The van der Waals surface area contributed by atoms with Crippen LogP contribution < -0.4 is 14.9 Å². The van der Waals surface area contributed by atoms with E-state index in [0.29, 0.717) is 26.2 Å². The molecule has 0 saturated carbocycles. The number of nitro benzene ring substituents is 1. The third kappa shape index (κ3) is 3.76. The molecule has 0 saturated heterocycles. The first kappa shape index (κ1) is 21.7. The van der Waals surface area contributed by atoms with E-state index in [9.17, 15) is 24.8 Å². The second-order valence-corrected chi connectivity index (χ2v) is 8.81. The predicted molar refractivity (Wildman–Crippen MR) is 119 cm³/mol. The highest BCUT2D eigenvalue weighted by atomic mass is 32.1. The van der Waals surface area contributed by atoms with Crippen molar-refractivity contribution in [1.82, 2.24) is 4.57 Å². The van der Waals surface area contributed by atoms with Crippen molar-refractivity contribution in [2.45, 2.75) is 19.9 Å². The van der Waals surface area contributed by atoms with Crippen LogP contribution in [0.2, 0.25) is 0 Å². The number of rotatable bonds is 5. The summed E-state index contributed by atoms with van der Waals surface area (Å²) in [5, 5.41) is 22.7. The Kier molecular flexibility index (Phi) is 5.76. The molecule has 1 aliphatic rings. The van der Waals surface area contributed by atoms with E-state index in [4.69, 9.17) is 4.74 Å². The Hall–Kier alpha value is -3.57. The predicted octanol–water partition coefficient (Wildman–Crippen LogP) is 2.47. The number of carbonyl (C=O) groups is 1. The number of ether oxygens (including phenoxy) is 1. The summed E-state index contributed by atoms with van der Waals surface area (Å²) in [4.78, 5) is 42.2. The Bertz CT molecular complexity index is 1430. The van der Waals surface area contributed by atoms with Crippen LogP contribution in [0, 0.1) is 10.1 Å². The number of nitrogens with zero attached hydrogens (tertiary/aromatic N) is 3. The molecular formula is C21H17N3O6S2. The molecule has 0 radical (unpaired) electrons. The Morgan fingerprint density at radius 1 is 1.41 bits per heavy atom. The van der Waals surface area contributed by atoms with Gasteiger partial charge >= 0.3 is 11.7 Å². The Balaban J connectivity index is 1.92. The number of aromatic hydroxyl groups is 1. The van der Waals surface area contributed by atoms with E-state index >= 15 is 0 Å². The van der Waals surface area contributed by atoms with Crippen molar-refractivity contribution in [3.05, 3.63) is 87.2 Å². The number of phenolic OH excluding ortho intramolecular Hbond substituents is 1. The van der Waals surface area contributed by atoms with Crippen molar-refractivity contribution < 1.29 is 19.6 Å². The second-order valence-electron chi connectivity index (χ2n) is 6.82. The third-order valence-corrected chi connectivity index (χ3v) is 6.73. The van der Waals surface area contributed by atoms with Gasteiger partial charge in [0.25, 0.3) is 5.56 Å². The molecule has 32 heavy (non-hydrogen) atoms. The van der Waals surface area contributed by atoms with Crippen molar-refractivity contribution in [2.75, 3.05) is 6.61 Å². The molecule has 4 rings (SSSR count). The van der Waals surface area contributed by atoms with Gasteiger partial charge in [-0.1, -0.05) is 23.5 Å². The van der Waals surface area contributed by atoms with Crippen LogP contribution in [0.4, 0.5) is 5.69 Å². The van der Waals surface area contributed by atoms with Crippen LogP contribution in [-0.2, 0) is 9.53 Å². The van der Waals surface area contributed by atoms with Gasteiger partial charge in [-0.2, -0.15) is 0 Å². The van der Waals surface area contributed by atoms with Crippen LogP contribution in [0.5, 0.6) is 5.75 Å². The van der Waals surface area contributed by atoms with Gasteiger partial charge in [0.1, 0.15) is 6.04 Å². The number of esters is 1. The molecule has 3 heterocycles. The molecular weight excluding hydrogens is 454 g/mol. The molecule has 2 aromatic heterocycles. The number of allylic oxidation sites excluding steroid dienone is 1. The molecule has 0 aliphatic carbocycles. The van der Waals surface area contributed by atoms with Gasteiger partial charge in [0.15, 0.2) is 10.6 Å². The number of hydrogen-bond acceptors (Lipinski definition) is 9. The molecule has 1 unspecified atom stereocenters. The summed E-state index contributed by atoms with van der Waals surface area (Å²) in [7, 11) is 0. The number of phenols is 1. The SMILES string of the molecule is CCOC(=O)C1=C(C)N=c2s/c(=C\c3ccc(O)c([N+](=O)[O-])c3)c(=O)n2C1c1cccs1. The summed E-state index contributed by atoms with van der Waals surface area (Å²) >= 11 is 2.53. The number of carbonyl (C=O) groups excluding carboxylic acids is 1. The number of hydrogen-bond donors (Lipinski definition) is 1. The highest BCUT2D eigenvalue weighted by Gasteiger charge is 2.33. The Morgan fingerprint density at radius 3 is 2.84 bits per heavy atom. The molecule has 0 bridgehead atoms. The maximum absolute atomic E-state index is 13.4. The lowest BCUT2D eigenvalue weighted by atomic mass is 10.0. The second kappa shape index (κ2) is 8.52. The minimum Gasteiger partial charge on any atom is -0.502 e. The quantitative estimate of drug-likeness (QED) is 0.346. The average molecular weight is 472 g/mol. The van der Waals surface area contributed by atoms with Crippen molar-refractivity contribution in [1.29, 1.82) is 0 Å². The molecule has 0 amide bonds. The lowest BCUT2D eigenvalue weighted by molar-refractivity contribution is -0.385. The molecule has 164 valence electrons. The lowest BCUT2D eigenvalue weighted by Gasteiger charge is -2.23. The van der Waals surface area contributed by atoms with Gasteiger partial charge < -0.3 is 9.84 Å². The number of thiazole rings is 1. The largest absolute Gasteiger partial charge is 0.502 e. The van der Waals surface area contributed by atoms with Crippen LogP contribution in [-0.4, -0.2) is 27.2 Å². The standard InChI is InChI=1S/C21H17N3O6S2/c1-3-30-20(27)17-11(2)22-21-23(18(17)15-5-4-8-31-15)19(26)16(32-21)10-12-6-7-14(25)13(9-12)24(28)29/h4-10,18,25H,3H2,1-2H3/b16-10-. The summed E-state index contributed by atoms with van der Waals surface area (Å²) in [5.74, 6) is -0.989. The summed E-state index contributed by atoms with van der Waals surface area (Å²) in [6.07, 6.45) is 1.51. The summed E-state index contributed by atoms with van der Waals surface area (Å²) in [6.45, 7) is 3.60. The van der Waals surface area contributed by atoms with Gasteiger partial charge in [0, 0.05) is 10.9 Å². The van der Waals surface area contributed by atoms with E-state index in [-0.39, 0.29) is 12.2 Å². The van der Waals surface area contributed by atoms with Gasteiger partial charge in [-0.05, 0) is 43.0 Å². The minimum atomic E-state index is -0.694. The van der Waals surface area contributed by atoms with Crippen molar-refractivity contribution in [3.8, 4) is 5.75 Å². The van der Waals surface area contributed by atoms with Crippen LogP contribution in [0.15, 0.2) is 56.8 Å². The number of benzene rings is 1. The number of thiophene rings is 1. The topological polar surface area (TPSA) is 124 Å².